The van der Waals surface area contributed by atoms with Crippen molar-refractivity contribution in [3.63, 3.8) is 0 Å². The van der Waals surface area contributed by atoms with E-state index in [1.807, 2.05) is 6.07 Å². The summed E-state index contributed by atoms with van der Waals surface area (Å²) in [4.78, 5) is 0.326. The number of sulfonamides is 1. The van der Waals surface area contributed by atoms with Gasteiger partial charge in [0.15, 0.2) is 0 Å². The summed E-state index contributed by atoms with van der Waals surface area (Å²) in [5.74, 6) is 0.315. The fraction of sp³-hybridized carbons (Fsp3) is 0.538. The van der Waals surface area contributed by atoms with Crippen molar-refractivity contribution in [1.29, 1.82) is 0 Å². The largest absolute Gasteiger partial charge is 0.244 e. The Hall–Kier alpha value is -0.100. The summed E-state index contributed by atoms with van der Waals surface area (Å²) in [5, 5.41) is 0. The van der Waals surface area contributed by atoms with Gasteiger partial charge in [-0.15, -0.1) is 11.6 Å². The predicted octanol–water partition coefficient (Wildman–Crippen LogP) is 3.75. The number of rotatable bonds is 3. The van der Waals surface area contributed by atoms with Crippen LogP contribution in [-0.2, 0) is 15.9 Å². The van der Waals surface area contributed by atoms with Crippen LogP contribution in [0.15, 0.2) is 27.6 Å². The van der Waals surface area contributed by atoms with Gasteiger partial charge < -0.3 is 0 Å². The molecule has 0 aliphatic carbocycles. The maximum absolute atomic E-state index is 12.7. The van der Waals surface area contributed by atoms with Crippen molar-refractivity contribution in [3.05, 3.63) is 28.2 Å². The number of alkyl halides is 1. The van der Waals surface area contributed by atoms with E-state index in [1.54, 1.807) is 16.4 Å². The molecule has 0 radical (unpaired) electrons. The van der Waals surface area contributed by atoms with Crippen molar-refractivity contribution in [2.45, 2.75) is 36.5 Å². The molecule has 0 amide bonds. The van der Waals surface area contributed by atoms with Crippen LogP contribution < -0.4 is 0 Å². The van der Waals surface area contributed by atoms with Gasteiger partial charge in [-0.2, -0.15) is 4.31 Å². The molecule has 0 spiro atoms. The first kappa shape index (κ1) is 15.3. The molecule has 0 bridgehead atoms. The fourth-order valence-electron chi connectivity index (χ4n) is 2.25. The Labute approximate surface area is 128 Å². The average Bonchev–Trinajstić information content (AvgIpc) is 2.68. The van der Waals surface area contributed by atoms with Crippen LogP contribution in [-0.4, -0.2) is 25.8 Å². The fourth-order valence-corrected chi connectivity index (χ4v) is 4.91. The molecule has 0 atom stereocenters. The number of halogens is 2. The van der Waals surface area contributed by atoms with Crippen LogP contribution in [0.1, 0.15) is 31.2 Å². The molecule has 1 fully saturated rings. The Bertz CT molecular complexity index is 540. The zero-order chi connectivity index (χ0) is 13.9. The normalized spacial score (nSPS) is 18.2. The van der Waals surface area contributed by atoms with Crippen molar-refractivity contribution >= 4 is 37.6 Å². The smallest absolute Gasteiger partial charge is 0.207 e. The lowest BCUT2D eigenvalue weighted by atomic mass is 10.2. The third-order valence-corrected chi connectivity index (χ3v) is 6.53. The molecule has 1 aromatic rings. The first-order chi connectivity index (χ1) is 9.05. The Morgan fingerprint density at radius 2 is 1.79 bits per heavy atom. The SMILES string of the molecule is O=S(=O)(c1cc(CCl)ccc1Br)N1CCCCCC1. The standard InChI is InChI=1S/C13H17BrClNO2S/c14-12-6-5-11(10-15)9-13(12)19(17,18)16-7-3-1-2-4-8-16/h5-6,9H,1-4,7-8,10H2. The van der Waals surface area contributed by atoms with Gasteiger partial charge in [0.2, 0.25) is 10.0 Å². The monoisotopic (exact) mass is 365 g/mol. The Kier molecular flexibility index (Phi) is 5.29. The molecule has 1 aromatic carbocycles. The lowest BCUT2D eigenvalue weighted by molar-refractivity contribution is 0.423. The first-order valence-electron chi connectivity index (χ1n) is 6.40. The van der Waals surface area contributed by atoms with Crippen LogP contribution in [0.2, 0.25) is 0 Å². The van der Waals surface area contributed by atoms with Gasteiger partial charge in [-0.1, -0.05) is 18.9 Å². The molecule has 1 saturated heterocycles. The zero-order valence-electron chi connectivity index (χ0n) is 10.6. The van der Waals surface area contributed by atoms with Gasteiger partial charge in [0.25, 0.3) is 0 Å². The second-order valence-corrected chi connectivity index (χ2v) is 7.74. The molecule has 106 valence electrons. The Balaban J connectivity index is 2.37. The van der Waals surface area contributed by atoms with Crippen molar-refractivity contribution in [2.75, 3.05) is 13.1 Å². The third kappa shape index (κ3) is 3.51. The summed E-state index contributed by atoms with van der Waals surface area (Å²) >= 11 is 9.12. The van der Waals surface area contributed by atoms with Gasteiger partial charge in [0.05, 0.1) is 4.90 Å². The van der Waals surface area contributed by atoms with E-state index in [4.69, 9.17) is 11.6 Å². The lowest BCUT2D eigenvalue weighted by Gasteiger charge is -2.21. The minimum Gasteiger partial charge on any atom is -0.207 e. The van der Waals surface area contributed by atoms with Crippen LogP contribution in [0.3, 0.4) is 0 Å². The molecule has 6 heteroatoms. The molecule has 1 aliphatic rings. The molecule has 2 rings (SSSR count). The maximum atomic E-state index is 12.7. The summed E-state index contributed by atoms with van der Waals surface area (Å²) in [7, 11) is -3.42. The van der Waals surface area contributed by atoms with Crippen molar-refractivity contribution in [1.82, 2.24) is 4.31 Å². The summed E-state index contributed by atoms with van der Waals surface area (Å²) in [6.45, 7) is 1.22. The van der Waals surface area contributed by atoms with E-state index in [0.29, 0.717) is 28.3 Å². The third-order valence-electron chi connectivity index (χ3n) is 3.33. The molecule has 0 saturated carbocycles. The van der Waals surface area contributed by atoms with Gasteiger partial charge in [0, 0.05) is 23.4 Å². The van der Waals surface area contributed by atoms with E-state index in [-0.39, 0.29) is 0 Å². The van der Waals surface area contributed by atoms with Gasteiger partial charge in [-0.3, -0.25) is 0 Å². The van der Waals surface area contributed by atoms with E-state index in [9.17, 15) is 8.42 Å². The second kappa shape index (κ2) is 6.57. The van der Waals surface area contributed by atoms with Gasteiger partial charge in [0.1, 0.15) is 0 Å². The quantitative estimate of drug-likeness (QED) is 0.764. The summed E-state index contributed by atoms with van der Waals surface area (Å²) < 4.78 is 27.6. The van der Waals surface area contributed by atoms with Crippen LogP contribution in [0.25, 0.3) is 0 Å². The molecule has 3 nitrogen and oxygen atoms in total. The topological polar surface area (TPSA) is 37.4 Å². The van der Waals surface area contributed by atoms with Crippen LogP contribution in [0.4, 0.5) is 0 Å². The molecule has 0 unspecified atom stereocenters. The van der Waals surface area contributed by atoms with Crippen LogP contribution in [0.5, 0.6) is 0 Å². The minimum atomic E-state index is -3.42. The Morgan fingerprint density at radius 1 is 1.16 bits per heavy atom. The highest BCUT2D eigenvalue weighted by Gasteiger charge is 2.27. The molecular formula is C13H17BrClNO2S. The maximum Gasteiger partial charge on any atom is 0.244 e. The van der Waals surface area contributed by atoms with Gasteiger partial charge in [-0.25, -0.2) is 8.42 Å². The van der Waals surface area contributed by atoms with Crippen LogP contribution in [0, 0.1) is 0 Å². The molecular weight excluding hydrogens is 350 g/mol. The number of benzene rings is 1. The predicted molar refractivity (Wildman–Crippen MR) is 80.9 cm³/mol. The molecule has 0 N–H and O–H groups in total. The van der Waals surface area contributed by atoms with Crippen molar-refractivity contribution in [3.8, 4) is 0 Å². The molecule has 1 aliphatic heterocycles. The van der Waals surface area contributed by atoms with E-state index in [1.165, 1.54) is 0 Å². The lowest BCUT2D eigenvalue weighted by Crippen LogP contribution is -2.32. The van der Waals surface area contributed by atoms with E-state index in [0.717, 1.165) is 31.2 Å². The summed E-state index contributed by atoms with van der Waals surface area (Å²) in [6.07, 6.45) is 4.09. The number of hydrogen-bond acceptors (Lipinski definition) is 2. The molecule has 0 aromatic heterocycles. The summed E-state index contributed by atoms with van der Waals surface area (Å²) in [6, 6.07) is 5.25. The van der Waals surface area contributed by atoms with Crippen molar-refractivity contribution < 1.29 is 8.42 Å². The minimum absolute atomic E-state index is 0.315. The van der Waals surface area contributed by atoms with E-state index < -0.39 is 10.0 Å². The van der Waals surface area contributed by atoms with Crippen molar-refractivity contribution in [2.24, 2.45) is 0 Å². The highest BCUT2D eigenvalue weighted by molar-refractivity contribution is 9.10. The average molecular weight is 367 g/mol. The zero-order valence-corrected chi connectivity index (χ0v) is 13.8. The first-order valence-corrected chi connectivity index (χ1v) is 9.17. The Morgan fingerprint density at radius 3 is 2.37 bits per heavy atom. The van der Waals surface area contributed by atoms with Gasteiger partial charge >= 0.3 is 0 Å². The van der Waals surface area contributed by atoms with Crippen LogP contribution >= 0.6 is 27.5 Å². The molecule has 19 heavy (non-hydrogen) atoms. The highest BCUT2D eigenvalue weighted by atomic mass is 79.9. The second-order valence-electron chi connectivity index (χ2n) is 4.72. The van der Waals surface area contributed by atoms with E-state index >= 15 is 0 Å². The van der Waals surface area contributed by atoms with E-state index in [2.05, 4.69) is 15.9 Å². The highest BCUT2D eigenvalue weighted by Crippen LogP contribution is 2.28. The number of nitrogens with zero attached hydrogens (tertiary/aromatic N) is 1. The number of hydrogen-bond donors (Lipinski definition) is 0. The van der Waals surface area contributed by atoms with Gasteiger partial charge in [-0.05, 0) is 46.5 Å². The summed E-state index contributed by atoms with van der Waals surface area (Å²) in [5.41, 5.74) is 0.818. The molecule has 1 heterocycles.